The third-order valence-corrected chi connectivity index (χ3v) is 3.98. The molecule has 0 saturated carbocycles. The van der Waals surface area contributed by atoms with Gasteiger partial charge in [-0.2, -0.15) is 5.10 Å². The Morgan fingerprint density at radius 3 is 2.95 bits per heavy atom. The molecule has 2 N–H and O–H groups in total. The molecule has 1 fully saturated rings. The van der Waals surface area contributed by atoms with Crippen LogP contribution in [0.4, 0.5) is 5.69 Å². The van der Waals surface area contributed by atoms with E-state index in [-0.39, 0.29) is 0 Å². The van der Waals surface area contributed by atoms with Gasteiger partial charge in [0.25, 0.3) is 0 Å². The smallest absolute Gasteiger partial charge is 0.0877 e. The molecule has 0 unspecified atom stereocenters. The predicted octanol–water partition coefficient (Wildman–Crippen LogP) is 2.94. The first-order valence-electron chi connectivity index (χ1n) is 7.07. The standard InChI is InChI=1S/C15H19ClN4/c16-13-2-3-15(20-9-1-6-19-20)14(10-13)18-11-12-4-7-17-8-5-12/h1-3,6,9-10,12,17-18H,4-5,7-8,11H2. The van der Waals surface area contributed by atoms with Crippen LogP contribution in [0.25, 0.3) is 5.69 Å². The lowest BCUT2D eigenvalue weighted by Crippen LogP contribution is -2.31. The number of halogens is 1. The van der Waals surface area contributed by atoms with Gasteiger partial charge in [-0.15, -0.1) is 0 Å². The molecular weight excluding hydrogens is 272 g/mol. The van der Waals surface area contributed by atoms with Crippen LogP contribution in [-0.2, 0) is 0 Å². The first kappa shape index (κ1) is 13.5. The number of piperidine rings is 1. The molecule has 1 aromatic carbocycles. The van der Waals surface area contributed by atoms with Crippen LogP contribution in [0.1, 0.15) is 12.8 Å². The molecule has 1 saturated heterocycles. The van der Waals surface area contributed by atoms with Gasteiger partial charge in [-0.25, -0.2) is 4.68 Å². The Morgan fingerprint density at radius 1 is 1.35 bits per heavy atom. The highest BCUT2D eigenvalue weighted by atomic mass is 35.5. The van der Waals surface area contributed by atoms with Crippen molar-refractivity contribution in [3.8, 4) is 5.69 Å². The topological polar surface area (TPSA) is 41.9 Å². The molecule has 0 radical (unpaired) electrons. The van der Waals surface area contributed by atoms with Crippen molar-refractivity contribution in [1.82, 2.24) is 15.1 Å². The highest BCUT2D eigenvalue weighted by Gasteiger charge is 2.14. The molecule has 1 aliphatic heterocycles. The number of nitrogens with one attached hydrogen (secondary N) is 2. The van der Waals surface area contributed by atoms with Crippen LogP contribution in [0.15, 0.2) is 36.7 Å². The van der Waals surface area contributed by atoms with Gasteiger partial charge >= 0.3 is 0 Å². The van der Waals surface area contributed by atoms with Gasteiger partial charge in [0.15, 0.2) is 0 Å². The Balaban J connectivity index is 1.75. The number of rotatable bonds is 4. The summed E-state index contributed by atoms with van der Waals surface area (Å²) >= 11 is 6.12. The van der Waals surface area contributed by atoms with Gasteiger partial charge in [0.1, 0.15) is 0 Å². The third-order valence-electron chi connectivity index (χ3n) is 3.75. The zero-order chi connectivity index (χ0) is 13.8. The molecule has 2 heterocycles. The number of anilines is 1. The molecule has 20 heavy (non-hydrogen) atoms. The summed E-state index contributed by atoms with van der Waals surface area (Å²) in [4.78, 5) is 0. The maximum Gasteiger partial charge on any atom is 0.0877 e. The fraction of sp³-hybridized carbons (Fsp3) is 0.400. The lowest BCUT2D eigenvalue weighted by atomic mass is 9.98. The van der Waals surface area contributed by atoms with Crippen LogP contribution in [0.3, 0.4) is 0 Å². The molecule has 0 aliphatic carbocycles. The van der Waals surface area contributed by atoms with Gasteiger partial charge in [-0.05, 0) is 56.1 Å². The molecule has 2 aromatic rings. The SMILES string of the molecule is Clc1ccc(-n2cccn2)c(NCC2CCNCC2)c1. The number of hydrogen-bond donors (Lipinski definition) is 2. The Morgan fingerprint density at radius 2 is 2.20 bits per heavy atom. The van der Waals surface area contributed by atoms with E-state index in [9.17, 15) is 0 Å². The monoisotopic (exact) mass is 290 g/mol. The van der Waals surface area contributed by atoms with E-state index in [4.69, 9.17) is 11.6 Å². The average molecular weight is 291 g/mol. The average Bonchev–Trinajstić information content (AvgIpc) is 3.00. The number of nitrogens with zero attached hydrogens (tertiary/aromatic N) is 2. The second kappa shape index (κ2) is 6.29. The molecule has 0 spiro atoms. The molecular formula is C15H19ClN4. The Labute approximate surface area is 124 Å². The molecule has 3 rings (SSSR count). The highest BCUT2D eigenvalue weighted by Crippen LogP contribution is 2.25. The summed E-state index contributed by atoms with van der Waals surface area (Å²) in [6.07, 6.45) is 6.18. The Bertz CT molecular complexity index is 547. The van der Waals surface area contributed by atoms with Crippen LogP contribution in [0.2, 0.25) is 5.02 Å². The quantitative estimate of drug-likeness (QED) is 0.910. The minimum atomic E-state index is 0.723. The van der Waals surface area contributed by atoms with E-state index in [2.05, 4.69) is 15.7 Å². The van der Waals surface area contributed by atoms with E-state index in [1.165, 1.54) is 12.8 Å². The number of aromatic nitrogens is 2. The summed E-state index contributed by atoms with van der Waals surface area (Å²) in [5.41, 5.74) is 2.08. The lowest BCUT2D eigenvalue weighted by Gasteiger charge is -2.24. The molecule has 0 bridgehead atoms. The van der Waals surface area contributed by atoms with Crippen molar-refractivity contribution in [2.75, 3.05) is 25.0 Å². The number of benzene rings is 1. The molecule has 106 valence electrons. The van der Waals surface area contributed by atoms with E-state index in [0.29, 0.717) is 0 Å². The molecule has 0 amide bonds. The van der Waals surface area contributed by atoms with Crippen molar-refractivity contribution in [1.29, 1.82) is 0 Å². The maximum atomic E-state index is 6.12. The zero-order valence-corrected chi connectivity index (χ0v) is 12.1. The van der Waals surface area contributed by atoms with E-state index in [0.717, 1.165) is 41.9 Å². The minimum Gasteiger partial charge on any atom is -0.383 e. The summed E-state index contributed by atoms with van der Waals surface area (Å²) < 4.78 is 1.86. The van der Waals surface area contributed by atoms with Crippen LogP contribution >= 0.6 is 11.6 Å². The van der Waals surface area contributed by atoms with Gasteiger partial charge in [0, 0.05) is 24.0 Å². The van der Waals surface area contributed by atoms with Crippen LogP contribution in [0.5, 0.6) is 0 Å². The fourth-order valence-corrected chi connectivity index (χ4v) is 2.77. The Kier molecular flexibility index (Phi) is 4.23. The van der Waals surface area contributed by atoms with Crippen molar-refractivity contribution >= 4 is 17.3 Å². The molecule has 1 aliphatic rings. The van der Waals surface area contributed by atoms with Gasteiger partial charge in [0.2, 0.25) is 0 Å². The number of hydrogen-bond acceptors (Lipinski definition) is 3. The van der Waals surface area contributed by atoms with Crippen molar-refractivity contribution in [3.63, 3.8) is 0 Å². The van der Waals surface area contributed by atoms with E-state index >= 15 is 0 Å². The molecule has 1 aromatic heterocycles. The summed E-state index contributed by atoms with van der Waals surface area (Å²) in [5.74, 6) is 0.723. The van der Waals surface area contributed by atoms with Crippen LogP contribution < -0.4 is 10.6 Å². The van der Waals surface area contributed by atoms with E-state index in [1.54, 1.807) is 6.20 Å². The van der Waals surface area contributed by atoms with Crippen molar-refractivity contribution < 1.29 is 0 Å². The first-order chi connectivity index (χ1) is 9.83. The van der Waals surface area contributed by atoms with Gasteiger partial charge < -0.3 is 10.6 Å². The zero-order valence-electron chi connectivity index (χ0n) is 11.3. The third kappa shape index (κ3) is 3.14. The summed E-state index contributed by atoms with van der Waals surface area (Å²) in [5, 5.41) is 12.0. The highest BCUT2D eigenvalue weighted by molar-refractivity contribution is 6.31. The normalized spacial score (nSPS) is 16.2. The lowest BCUT2D eigenvalue weighted by molar-refractivity contribution is 0.390. The second-order valence-corrected chi connectivity index (χ2v) is 5.62. The summed E-state index contributed by atoms with van der Waals surface area (Å²) in [6.45, 7) is 3.22. The minimum absolute atomic E-state index is 0.723. The van der Waals surface area contributed by atoms with Crippen molar-refractivity contribution in [2.24, 2.45) is 5.92 Å². The van der Waals surface area contributed by atoms with Crippen molar-refractivity contribution in [3.05, 3.63) is 41.7 Å². The van der Waals surface area contributed by atoms with Crippen LogP contribution in [-0.4, -0.2) is 29.4 Å². The van der Waals surface area contributed by atoms with E-state index in [1.807, 2.05) is 35.1 Å². The first-order valence-corrected chi connectivity index (χ1v) is 7.45. The second-order valence-electron chi connectivity index (χ2n) is 5.19. The van der Waals surface area contributed by atoms with E-state index < -0.39 is 0 Å². The van der Waals surface area contributed by atoms with Gasteiger partial charge in [0.05, 0.1) is 11.4 Å². The molecule has 4 nitrogen and oxygen atoms in total. The fourth-order valence-electron chi connectivity index (χ4n) is 2.60. The molecule has 5 heteroatoms. The largest absolute Gasteiger partial charge is 0.383 e. The Hall–Kier alpha value is -1.52. The molecule has 0 atom stereocenters. The van der Waals surface area contributed by atoms with Gasteiger partial charge in [-0.1, -0.05) is 11.6 Å². The predicted molar refractivity (Wildman–Crippen MR) is 82.7 cm³/mol. The summed E-state index contributed by atoms with van der Waals surface area (Å²) in [6, 6.07) is 7.79. The maximum absolute atomic E-state index is 6.12. The van der Waals surface area contributed by atoms with Gasteiger partial charge in [-0.3, -0.25) is 0 Å². The van der Waals surface area contributed by atoms with Crippen LogP contribution in [0, 0.1) is 5.92 Å². The summed E-state index contributed by atoms with van der Waals surface area (Å²) in [7, 11) is 0. The van der Waals surface area contributed by atoms with Crippen molar-refractivity contribution in [2.45, 2.75) is 12.8 Å².